The van der Waals surface area contributed by atoms with Gasteiger partial charge < -0.3 is 4.90 Å². The molecule has 7 heteroatoms. The van der Waals surface area contributed by atoms with Crippen LogP contribution in [0.5, 0.6) is 0 Å². The fourth-order valence-corrected chi connectivity index (χ4v) is 5.80. The summed E-state index contributed by atoms with van der Waals surface area (Å²) in [5.41, 5.74) is 3.40. The average molecular weight is 462 g/mol. The van der Waals surface area contributed by atoms with E-state index >= 15 is 8.78 Å². The van der Waals surface area contributed by atoms with Gasteiger partial charge in [0.05, 0.1) is 17.9 Å². The molecule has 1 aromatic heterocycles. The molecule has 6 rings (SSSR count). The molecule has 1 saturated carbocycles. The van der Waals surface area contributed by atoms with E-state index in [1.165, 1.54) is 6.07 Å². The Bertz CT molecular complexity index is 1340. The number of benzene rings is 2. The molecule has 1 amide bonds. The Morgan fingerprint density at radius 3 is 1.94 bits per heavy atom. The lowest BCUT2D eigenvalue weighted by Gasteiger charge is -2.46. The molecule has 1 fully saturated rings. The molecule has 2 unspecified atom stereocenters. The third-order valence-electron chi connectivity index (χ3n) is 7.58. The molecular weight excluding hydrogens is 436 g/mol. The van der Waals surface area contributed by atoms with Gasteiger partial charge in [-0.15, -0.1) is 0 Å². The van der Waals surface area contributed by atoms with Gasteiger partial charge in [0.2, 0.25) is 0 Å². The number of carbonyl (C=O) groups excluding carboxylic acids is 1. The summed E-state index contributed by atoms with van der Waals surface area (Å²) in [7, 11) is 0. The van der Waals surface area contributed by atoms with Crippen molar-refractivity contribution in [1.82, 2.24) is 9.58 Å². The predicted octanol–water partition coefficient (Wildman–Crippen LogP) is 4.54. The second kappa shape index (κ2) is 7.01. The third-order valence-corrected chi connectivity index (χ3v) is 7.58. The highest BCUT2D eigenvalue weighted by Crippen LogP contribution is 2.70. The number of hydrogen-bond acceptors (Lipinski definition) is 3. The fourth-order valence-electron chi connectivity index (χ4n) is 5.80. The van der Waals surface area contributed by atoms with E-state index in [1.54, 1.807) is 34.8 Å². The zero-order valence-corrected chi connectivity index (χ0v) is 19.2. The van der Waals surface area contributed by atoms with Crippen LogP contribution in [0.15, 0.2) is 65.6 Å². The SMILES string of the molecule is Cc1c2n(ccc1=O)N(C1c3ccccc3C3[C@H](c4ccccc41)C3(F)F)CN(C(C)C)C2=O. The van der Waals surface area contributed by atoms with Gasteiger partial charge in [-0.1, -0.05) is 48.5 Å². The number of pyridine rings is 1. The first-order valence-corrected chi connectivity index (χ1v) is 11.6. The van der Waals surface area contributed by atoms with Crippen LogP contribution in [0.1, 0.15) is 70.0 Å². The van der Waals surface area contributed by atoms with Crippen LogP contribution in [0.2, 0.25) is 0 Å². The molecule has 5 nitrogen and oxygen atoms in total. The molecule has 174 valence electrons. The highest BCUT2D eigenvalue weighted by molar-refractivity contribution is 5.95. The normalized spacial score (nSPS) is 24.2. The quantitative estimate of drug-likeness (QED) is 0.563. The molecule has 3 aromatic rings. The van der Waals surface area contributed by atoms with E-state index in [4.69, 9.17) is 0 Å². The molecule has 0 saturated heterocycles. The standard InChI is InChI=1S/C27H25F2N3O2/c1-15(2)30-14-32(31-13-12-21(33)16(3)24(31)26(30)34)25-19-10-6-4-8-17(19)22-23(27(22,28)29)18-9-5-7-11-20(18)25/h4-13,15,22-23,25H,14H2,1-3H3/t22-,23?,25?/m0/s1. The van der Waals surface area contributed by atoms with E-state index in [0.29, 0.717) is 22.4 Å². The van der Waals surface area contributed by atoms with E-state index in [9.17, 15) is 9.59 Å². The number of carbonyl (C=O) groups is 1. The van der Waals surface area contributed by atoms with Crippen molar-refractivity contribution in [3.8, 4) is 0 Å². The Morgan fingerprint density at radius 2 is 1.41 bits per heavy atom. The Morgan fingerprint density at radius 1 is 0.882 bits per heavy atom. The molecule has 0 radical (unpaired) electrons. The van der Waals surface area contributed by atoms with Gasteiger partial charge in [-0.2, -0.15) is 0 Å². The number of amides is 1. The van der Waals surface area contributed by atoms with Crippen molar-refractivity contribution < 1.29 is 13.6 Å². The second-order valence-corrected chi connectivity index (χ2v) is 9.74. The van der Waals surface area contributed by atoms with Crippen molar-refractivity contribution in [1.29, 1.82) is 0 Å². The summed E-state index contributed by atoms with van der Waals surface area (Å²) >= 11 is 0. The minimum Gasteiger partial charge on any atom is -0.316 e. The summed E-state index contributed by atoms with van der Waals surface area (Å²) in [4.78, 5) is 27.6. The summed E-state index contributed by atoms with van der Waals surface area (Å²) in [5.74, 6) is -4.72. The van der Waals surface area contributed by atoms with Gasteiger partial charge in [0.1, 0.15) is 12.4 Å². The number of fused-ring (bicyclic) bond motifs is 6. The lowest BCUT2D eigenvalue weighted by Crippen LogP contribution is -2.57. The van der Waals surface area contributed by atoms with Crippen LogP contribution in [-0.2, 0) is 0 Å². The summed E-state index contributed by atoms with van der Waals surface area (Å²) in [6.07, 6.45) is 1.63. The monoisotopic (exact) mass is 461 g/mol. The van der Waals surface area contributed by atoms with Crippen LogP contribution in [0, 0.1) is 6.92 Å². The molecule has 3 aliphatic rings. The van der Waals surface area contributed by atoms with Crippen LogP contribution in [0.4, 0.5) is 8.78 Å². The lowest BCUT2D eigenvalue weighted by atomic mass is 9.91. The summed E-state index contributed by atoms with van der Waals surface area (Å²) in [6.45, 7) is 5.81. The Kier molecular flexibility index (Phi) is 4.35. The first-order chi connectivity index (χ1) is 16.2. The van der Waals surface area contributed by atoms with E-state index < -0.39 is 23.8 Å². The average Bonchev–Trinajstić information content (AvgIpc) is 3.42. The van der Waals surface area contributed by atoms with Crippen LogP contribution in [0.25, 0.3) is 0 Å². The minimum atomic E-state index is -2.79. The molecule has 2 aromatic carbocycles. The molecule has 0 spiro atoms. The summed E-state index contributed by atoms with van der Waals surface area (Å²) in [6, 6.07) is 15.8. The van der Waals surface area contributed by atoms with Crippen molar-refractivity contribution in [2.45, 2.75) is 50.6 Å². The van der Waals surface area contributed by atoms with Crippen molar-refractivity contribution >= 4 is 5.91 Å². The molecule has 0 N–H and O–H groups in total. The van der Waals surface area contributed by atoms with Gasteiger partial charge in [-0.05, 0) is 43.0 Å². The Hall–Kier alpha value is -3.48. The maximum atomic E-state index is 15.1. The van der Waals surface area contributed by atoms with Crippen molar-refractivity contribution in [3.63, 3.8) is 0 Å². The summed E-state index contributed by atoms with van der Waals surface area (Å²) in [5, 5.41) is 2.03. The van der Waals surface area contributed by atoms with E-state index in [0.717, 1.165) is 11.1 Å². The van der Waals surface area contributed by atoms with Crippen LogP contribution in [-0.4, -0.2) is 34.1 Å². The van der Waals surface area contributed by atoms with Gasteiger partial charge >= 0.3 is 0 Å². The van der Waals surface area contributed by atoms with Gasteiger partial charge in [0, 0.05) is 23.9 Å². The Labute approximate surface area is 196 Å². The summed E-state index contributed by atoms with van der Waals surface area (Å²) < 4.78 is 31.9. The number of aromatic nitrogens is 1. The maximum absolute atomic E-state index is 15.1. The van der Waals surface area contributed by atoms with E-state index in [1.807, 2.05) is 55.3 Å². The molecule has 2 heterocycles. The number of hydrogen-bond donors (Lipinski definition) is 0. The van der Waals surface area contributed by atoms with Gasteiger partial charge in [-0.3, -0.25) is 19.3 Å². The minimum absolute atomic E-state index is 0.104. The molecule has 34 heavy (non-hydrogen) atoms. The van der Waals surface area contributed by atoms with Crippen molar-refractivity contribution in [2.24, 2.45) is 0 Å². The number of alkyl halides is 2. The van der Waals surface area contributed by atoms with Crippen molar-refractivity contribution in [3.05, 3.63) is 105 Å². The highest BCUT2D eigenvalue weighted by Gasteiger charge is 2.71. The lowest BCUT2D eigenvalue weighted by molar-refractivity contribution is 0.0625. The molecule has 0 bridgehead atoms. The first-order valence-electron chi connectivity index (χ1n) is 11.6. The van der Waals surface area contributed by atoms with Crippen molar-refractivity contribution in [2.75, 3.05) is 11.7 Å². The third kappa shape index (κ3) is 2.70. The molecule has 3 atom stereocenters. The zero-order chi connectivity index (χ0) is 23.9. The maximum Gasteiger partial charge on any atom is 0.274 e. The largest absolute Gasteiger partial charge is 0.316 e. The Balaban J connectivity index is 1.64. The topological polar surface area (TPSA) is 45.6 Å². The number of nitrogens with zero attached hydrogens (tertiary/aromatic N) is 3. The zero-order valence-electron chi connectivity index (χ0n) is 19.2. The highest BCUT2D eigenvalue weighted by atomic mass is 19.3. The van der Waals surface area contributed by atoms with Crippen LogP contribution >= 0.6 is 0 Å². The van der Waals surface area contributed by atoms with Crippen LogP contribution < -0.4 is 10.4 Å². The first kappa shape index (κ1) is 21.1. The van der Waals surface area contributed by atoms with Gasteiger partial charge in [0.15, 0.2) is 5.43 Å². The van der Waals surface area contributed by atoms with Crippen LogP contribution in [0.3, 0.4) is 0 Å². The van der Waals surface area contributed by atoms with E-state index in [-0.39, 0.29) is 24.0 Å². The molecule has 1 aliphatic heterocycles. The molecule has 2 aliphatic carbocycles. The second-order valence-electron chi connectivity index (χ2n) is 9.74. The number of halogens is 2. The fraction of sp³-hybridized carbons (Fsp3) is 0.333. The molecular formula is C27H25F2N3O2. The number of rotatable bonds is 2. The van der Waals surface area contributed by atoms with Gasteiger partial charge in [0.25, 0.3) is 11.8 Å². The predicted molar refractivity (Wildman–Crippen MR) is 125 cm³/mol. The van der Waals surface area contributed by atoms with E-state index in [2.05, 4.69) is 0 Å². The van der Waals surface area contributed by atoms with Gasteiger partial charge in [-0.25, -0.2) is 8.78 Å². The smallest absolute Gasteiger partial charge is 0.274 e.